The average Bonchev–Trinajstić information content (AvgIpc) is 2.54. The SMILES string of the molecule is COCCOc1ccc(CC(=O)NCc2cc(C)[nH]c(=O)c2)cc1. The molecule has 128 valence electrons. The van der Waals surface area contributed by atoms with Crippen LogP contribution < -0.4 is 15.6 Å². The molecule has 0 atom stereocenters. The van der Waals surface area contributed by atoms with Crippen molar-refractivity contribution in [3.63, 3.8) is 0 Å². The highest BCUT2D eigenvalue weighted by Crippen LogP contribution is 2.12. The molecule has 0 bridgehead atoms. The van der Waals surface area contributed by atoms with Gasteiger partial charge in [0.2, 0.25) is 11.5 Å². The van der Waals surface area contributed by atoms with Crippen LogP contribution in [0, 0.1) is 6.92 Å². The summed E-state index contributed by atoms with van der Waals surface area (Å²) in [5.41, 5.74) is 2.29. The number of H-pyrrole nitrogens is 1. The Balaban J connectivity index is 1.82. The van der Waals surface area contributed by atoms with Gasteiger partial charge in [0.1, 0.15) is 12.4 Å². The zero-order valence-corrected chi connectivity index (χ0v) is 13.9. The van der Waals surface area contributed by atoms with Crippen molar-refractivity contribution in [1.82, 2.24) is 10.3 Å². The fourth-order valence-electron chi connectivity index (χ4n) is 2.25. The van der Waals surface area contributed by atoms with E-state index in [1.807, 2.05) is 37.3 Å². The first-order valence-corrected chi connectivity index (χ1v) is 7.74. The van der Waals surface area contributed by atoms with Crippen LogP contribution in [-0.2, 0) is 22.5 Å². The summed E-state index contributed by atoms with van der Waals surface area (Å²) in [6.07, 6.45) is 0.278. The fraction of sp³-hybridized carbons (Fsp3) is 0.333. The van der Waals surface area contributed by atoms with Gasteiger partial charge in [-0.05, 0) is 36.2 Å². The fourth-order valence-corrected chi connectivity index (χ4v) is 2.25. The molecular formula is C18H22N2O4. The number of amides is 1. The summed E-state index contributed by atoms with van der Waals surface area (Å²) < 4.78 is 10.4. The largest absolute Gasteiger partial charge is 0.491 e. The number of pyridine rings is 1. The second-order valence-corrected chi connectivity index (χ2v) is 5.47. The molecular weight excluding hydrogens is 308 g/mol. The first-order chi connectivity index (χ1) is 11.6. The van der Waals surface area contributed by atoms with Gasteiger partial charge in [-0.25, -0.2) is 0 Å². The van der Waals surface area contributed by atoms with Gasteiger partial charge in [-0.15, -0.1) is 0 Å². The second kappa shape index (κ2) is 8.88. The van der Waals surface area contributed by atoms with Crippen molar-refractivity contribution >= 4 is 5.91 Å². The molecule has 1 amide bonds. The highest BCUT2D eigenvalue weighted by atomic mass is 16.5. The number of aromatic nitrogens is 1. The molecule has 0 fully saturated rings. The van der Waals surface area contributed by atoms with E-state index in [1.54, 1.807) is 7.11 Å². The average molecular weight is 330 g/mol. The number of ether oxygens (including phenoxy) is 2. The molecule has 24 heavy (non-hydrogen) atoms. The minimum atomic E-state index is -0.164. The lowest BCUT2D eigenvalue weighted by molar-refractivity contribution is -0.120. The van der Waals surface area contributed by atoms with Gasteiger partial charge in [0.05, 0.1) is 13.0 Å². The third kappa shape index (κ3) is 5.89. The van der Waals surface area contributed by atoms with E-state index in [4.69, 9.17) is 9.47 Å². The van der Waals surface area contributed by atoms with Crippen molar-refractivity contribution in [3.05, 3.63) is 63.6 Å². The Labute approximate surface area is 140 Å². The molecule has 2 aromatic rings. The van der Waals surface area contributed by atoms with E-state index in [9.17, 15) is 9.59 Å². The standard InChI is InChI=1S/C18H22N2O4/c1-13-9-15(11-18(22)20-13)12-19-17(21)10-14-3-5-16(6-4-14)24-8-7-23-2/h3-6,9,11H,7-8,10,12H2,1-2H3,(H,19,21)(H,20,22). The lowest BCUT2D eigenvalue weighted by Gasteiger charge is -2.08. The number of aromatic amines is 1. The number of methoxy groups -OCH3 is 1. The molecule has 0 aliphatic heterocycles. The van der Waals surface area contributed by atoms with Crippen LogP contribution in [0.1, 0.15) is 16.8 Å². The van der Waals surface area contributed by atoms with Crippen molar-refractivity contribution in [2.24, 2.45) is 0 Å². The first kappa shape index (κ1) is 17.7. The summed E-state index contributed by atoms with van der Waals surface area (Å²) in [4.78, 5) is 26.1. The van der Waals surface area contributed by atoms with Crippen LogP contribution in [0.2, 0.25) is 0 Å². The van der Waals surface area contributed by atoms with Crippen molar-refractivity contribution < 1.29 is 14.3 Å². The van der Waals surface area contributed by atoms with E-state index >= 15 is 0 Å². The summed E-state index contributed by atoms with van der Waals surface area (Å²) >= 11 is 0. The van der Waals surface area contributed by atoms with Crippen LogP contribution in [0.25, 0.3) is 0 Å². The molecule has 6 heteroatoms. The van der Waals surface area contributed by atoms with Gasteiger partial charge in [-0.1, -0.05) is 12.1 Å². The number of hydrogen-bond acceptors (Lipinski definition) is 4. The van der Waals surface area contributed by atoms with E-state index in [1.165, 1.54) is 6.07 Å². The van der Waals surface area contributed by atoms with Crippen LogP contribution in [0.15, 0.2) is 41.2 Å². The Kier molecular flexibility index (Phi) is 6.57. The maximum atomic E-state index is 12.0. The Morgan fingerprint density at radius 2 is 1.88 bits per heavy atom. The van der Waals surface area contributed by atoms with Gasteiger partial charge in [0.15, 0.2) is 0 Å². The number of carbonyl (C=O) groups is 1. The molecule has 1 aromatic heterocycles. The maximum absolute atomic E-state index is 12.0. The number of nitrogens with one attached hydrogen (secondary N) is 2. The molecule has 6 nitrogen and oxygen atoms in total. The number of hydrogen-bond donors (Lipinski definition) is 2. The van der Waals surface area contributed by atoms with Gasteiger partial charge in [0, 0.05) is 25.4 Å². The topological polar surface area (TPSA) is 80.4 Å². The highest BCUT2D eigenvalue weighted by molar-refractivity contribution is 5.78. The molecule has 1 aromatic carbocycles. The van der Waals surface area contributed by atoms with Crippen LogP contribution in [-0.4, -0.2) is 31.2 Å². The van der Waals surface area contributed by atoms with Gasteiger partial charge in [-0.2, -0.15) is 0 Å². The van der Waals surface area contributed by atoms with Gasteiger partial charge >= 0.3 is 0 Å². The summed E-state index contributed by atoms with van der Waals surface area (Å²) in [7, 11) is 1.62. The first-order valence-electron chi connectivity index (χ1n) is 7.74. The third-order valence-electron chi connectivity index (χ3n) is 3.37. The molecule has 0 aliphatic rings. The van der Waals surface area contributed by atoms with Crippen molar-refractivity contribution in [2.75, 3.05) is 20.3 Å². The van der Waals surface area contributed by atoms with Crippen LogP contribution in [0.5, 0.6) is 5.75 Å². The zero-order chi connectivity index (χ0) is 17.4. The molecule has 0 unspecified atom stereocenters. The third-order valence-corrected chi connectivity index (χ3v) is 3.37. The van der Waals surface area contributed by atoms with Gasteiger partial charge < -0.3 is 19.8 Å². The lowest BCUT2D eigenvalue weighted by Crippen LogP contribution is -2.25. The molecule has 2 rings (SSSR count). The summed E-state index contributed by atoms with van der Waals surface area (Å²) in [6.45, 7) is 3.17. The Morgan fingerprint density at radius 1 is 1.12 bits per heavy atom. The minimum absolute atomic E-state index is 0.0963. The quantitative estimate of drug-likeness (QED) is 0.720. The van der Waals surface area contributed by atoms with E-state index in [-0.39, 0.29) is 17.9 Å². The smallest absolute Gasteiger partial charge is 0.248 e. The number of carbonyl (C=O) groups excluding carboxylic acids is 1. The molecule has 0 radical (unpaired) electrons. The highest BCUT2D eigenvalue weighted by Gasteiger charge is 2.05. The molecule has 2 N–H and O–H groups in total. The molecule has 0 saturated heterocycles. The number of aryl methyl sites for hydroxylation is 1. The summed E-state index contributed by atoms with van der Waals surface area (Å²) in [6, 6.07) is 10.7. The van der Waals surface area contributed by atoms with Crippen LogP contribution >= 0.6 is 0 Å². The predicted molar refractivity (Wildman–Crippen MR) is 91.2 cm³/mol. The summed E-state index contributed by atoms with van der Waals surface area (Å²) in [5, 5.41) is 2.82. The van der Waals surface area contributed by atoms with E-state index in [0.29, 0.717) is 19.8 Å². The number of benzene rings is 1. The van der Waals surface area contributed by atoms with Crippen molar-refractivity contribution in [1.29, 1.82) is 0 Å². The van der Waals surface area contributed by atoms with E-state index in [2.05, 4.69) is 10.3 Å². The van der Waals surface area contributed by atoms with Crippen molar-refractivity contribution in [2.45, 2.75) is 19.9 Å². The van der Waals surface area contributed by atoms with E-state index in [0.717, 1.165) is 22.6 Å². The monoisotopic (exact) mass is 330 g/mol. The van der Waals surface area contributed by atoms with Crippen LogP contribution in [0.4, 0.5) is 0 Å². The predicted octanol–water partition coefficient (Wildman–Crippen LogP) is 1.57. The summed E-state index contributed by atoms with van der Waals surface area (Å²) in [5.74, 6) is 0.649. The Bertz CT molecular complexity index is 723. The minimum Gasteiger partial charge on any atom is -0.491 e. The molecule has 0 saturated carbocycles. The normalized spacial score (nSPS) is 10.4. The maximum Gasteiger partial charge on any atom is 0.248 e. The van der Waals surface area contributed by atoms with Gasteiger partial charge in [0.25, 0.3) is 0 Å². The molecule has 0 spiro atoms. The van der Waals surface area contributed by atoms with Crippen molar-refractivity contribution in [3.8, 4) is 5.75 Å². The Hall–Kier alpha value is -2.60. The van der Waals surface area contributed by atoms with Gasteiger partial charge in [-0.3, -0.25) is 9.59 Å². The zero-order valence-electron chi connectivity index (χ0n) is 13.9. The second-order valence-electron chi connectivity index (χ2n) is 5.47. The Morgan fingerprint density at radius 3 is 2.54 bits per heavy atom. The van der Waals surface area contributed by atoms with E-state index < -0.39 is 0 Å². The molecule has 1 heterocycles. The lowest BCUT2D eigenvalue weighted by atomic mass is 10.1. The van der Waals surface area contributed by atoms with Crippen LogP contribution in [0.3, 0.4) is 0 Å². The molecule has 0 aliphatic carbocycles. The number of rotatable bonds is 8.